The van der Waals surface area contributed by atoms with Crippen molar-refractivity contribution in [2.24, 2.45) is 0 Å². The van der Waals surface area contributed by atoms with Crippen molar-refractivity contribution in [2.45, 2.75) is 18.8 Å². The van der Waals surface area contributed by atoms with Crippen LogP contribution >= 0.6 is 0 Å². The van der Waals surface area contributed by atoms with Gasteiger partial charge in [0.15, 0.2) is 6.61 Å². The number of likely N-dealkylation sites (tertiary alicyclic amines) is 1. The maximum absolute atomic E-state index is 14.3. The van der Waals surface area contributed by atoms with E-state index in [1.165, 1.54) is 6.07 Å². The summed E-state index contributed by atoms with van der Waals surface area (Å²) in [7, 11) is 0. The molecule has 0 saturated carbocycles. The maximum Gasteiger partial charge on any atom is 0.260 e. The Balaban J connectivity index is 1.49. The second kappa shape index (κ2) is 8.82. The average Bonchev–Trinajstić information content (AvgIpc) is 2.78. The highest BCUT2D eigenvalue weighted by Crippen LogP contribution is 2.32. The van der Waals surface area contributed by atoms with Crippen LogP contribution in [-0.2, 0) is 4.79 Å². The van der Waals surface area contributed by atoms with Gasteiger partial charge in [0.25, 0.3) is 5.91 Å². The van der Waals surface area contributed by atoms with Gasteiger partial charge < -0.3 is 9.64 Å². The number of para-hydroxylation sites is 1. The number of ether oxygens (including phenoxy) is 1. The van der Waals surface area contributed by atoms with Crippen LogP contribution in [0.15, 0.2) is 67.0 Å². The first-order chi connectivity index (χ1) is 14.2. The van der Waals surface area contributed by atoms with E-state index in [2.05, 4.69) is 9.97 Å². The molecule has 1 aliphatic rings. The Hall–Kier alpha value is -3.28. The number of aromatic nitrogens is 2. The van der Waals surface area contributed by atoms with Gasteiger partial charge in [0, 0.05) is 37.0 Å². The lowest BCUT2D eigenvalue weighted by molar-refractivity contribution is -0.134. The first-order valence-corrected chi connectivity index (χ1v) is 9.74. The summed E-state index contributed by atoms with van der Waals surface area (Å²) >= 11 is 0. The molecule has 29 heavy (non-hydrogen) atoms. The SMILES string of the molecule is O=C(COc1ccccc1)N1CCC[C@H](c2nccnc2-c2ccccc2F)C1. The number of carbonyl (C=O) groups is 1. The molecular weight excluding hydrogens is 369 g/mol. The molecule has 1 saturated heterocycles. The van der Waals surface area contributed by atoms with Crippen LogP contribution in [0.1, 0.15) is 24.5 Å². The largest absolute Gasteiger partial charge is 0.484 e. The molecule has 2 aromatic carbocycles. The minimum atomic E-state index is -0.325. The van der Waals surface area contributed by atoms with E-state index >= 15 is 0 Å². The molecular formula is C23H22FN3O2. The summed E-state index contributed by atoms with van der Waals surface area (Å²) in [6.45, 7) is 1.21. The number of hydrogen-bond donors (Lipinski definition) is 0. The van der Waals surface area contributed by atoms with Crippen LogP contribution in [0.2, 0.25) is 0 Å². The fourth-order valence-corrected chi connectivity index (χ4v) is 3.69. The Kier molecular flexibility index (Phi) is 5.79. The van der Waals surface area contributed by atoms with Crippen LogP contribution in [0.5, 0.6) is 5.75 Å². The zero-order valence-corrected chi connectivity index (χ0v) is 16.0. The van der Waals surface area contributed by atoms with Crippen LogP contribution in [0, 0.1) is 5.82 Å². The van der Waals surface area contributed by atoms with Gasteiger partial charge in [0.2, 0.25) is 0 Å². The molecule has 1 amide bonds. The third kappa shape index (κ3) is 4.42. The van der Waals surface area contributed by atoms with Gasteiger partial charge in [0.1, 0.15) is 11.6 Å². The Morgan fingerprint density at radius 3 is 2.66 bits per heavy atom. The zero-order chi connectivity index (χ0) is 20.1. The molecule has 3 aromatic rings. The molecule has 0 unspecified atom stereocenters. The fraction of sp³-hybridized carbons (Fsp3) is 0.261. The summed E-state index contributed by atoms with van der Waals surface area (Å²) in [6, 6.07) is 15.9. The Morgan fingerprint density at radius 2 is 1.83 bits per heavy atom. The summed E-state index contributed by atoms with van der Waals surface area (Å²) in [4.78, 5) is 23.4. The molecule has 1 aromatic heterocycles. The van der Waals surface area contributed by atoms with Crippen LogP contribution in [-0.4, -0.2) is 40.5 Å². The quantitative estimate of drug-likeness (QED) is 0.658. The minimum Gasteiger partial charge on any atom is -0.484 e. The lowest BCUT2D eigenvalue weighted by atomic mass is 9.91. The second-order valence-corrected chi connectivity index (χ2v) is 7.05. The number of piperidine rings is 1. The molecule has 4 rings (SSSR count). The van der Waals surface area contributed by atoms with Gasteiger partial charge in [-0.1, -0.05) is 30.3 Å². The number of rotatable bonds is 5. The summed E-state index contributed by atoms with van der Waals surface area (Å²) < 4.78 is 19.9. The van der Waals surface area contributed by atoms with Crippen LogP contribution < -0.4 is 4.74 Å². The number of amides is 1. The lowest BCUT2D eigenvalue weighted by Crippen LogP contribution is -2.41. The van der Waals surface area contributed by atoms with Crippen molar-refractivity contribution >= 4 is 5.91 Å². The fourth-order valence-electron chi connectivity index (χ4n) is 3.69. The third-order valence-corrected chi connectivity index (χ3v) is 5.12. The first-order valence-electron chi connectivity index (χ1n) is 9.74. The van der Waals surface area contributed by atoms with Gasteiger partial charge in [-0.15, -0.1) is 0 Å². The van der Waals surface area contributed by atoms with Gasteiger partial charge in [-0.25, -0.2) is 4.39 Å². The normalized spacial score (nSPS) is 16.4. The average molecular weight is 391 g/mol. The molecule has 1 aliphatic heterocycles. The molecule has 148 valence electrons. The standard InChI is InChI=1S/C23H22FN3O2/c24-20-11-5-4-10-19(20)23-22(25-12-13-26-23)17-7-6-14-27(15-17)21(28)16-29-18-8-2-1-3-9-18/h1-5,8-13,17H,6-7,14-16H2/t17-/m0/s1. The van der Waals surface area contributed by atoms with Gasteiger partial charge in [-0.05, 0) is 37.1 Å². The monoisotopic (exact) mass is 391 g/mol. The van der Waals surface area contributed by atoms with E-state index in [-0.39, 0.29) is 24.2 Å². The highest BCUT2D eigenvalue weighted by molar-refractivity contribution is 5.78. The van der Waals surface area contributed by atoms with Crippen molar-refractivity contribution in [3.63, 3.8) is 0 Å². The van der Waals surface area contributed by atoms with E-state index in [0.717, 1.165) is 18.5 Å². The topological polar surface area (TPSA) is 55.3 Å². The van der Waals surface area contributed by atoms with E-state index in [1.807, 2.05) is 30.3 Å². The lowest BCUT2D eigenvalue weighted by Gasteiger charge is -2.33. The van der Waals surface area contributed by atoms with Crippen molar-refractivity contribution < 1.29 is 13.9 Å². The molecule has 0 N–H and O–H groups in total. The Bertz CT molecular complexity index is 981. The van der Waals surface area contributed by atoms with Crippen molar-refractivity contribution in [2.75, 3.05) is 19.7 Å². The molecule has 5 nitrogen and oxygen atoms in total. The Morgan fingerprint density at radius 1 is 1.07 bits per heavy atom. The number of halogens is 1. The zero-order valence-electron chi connectivity index (χ0n) is 16.0. The predicted octanol–water partition coefficient (Wildman–Crippen LogP) is 4.07. The predicted molar refractivity (Wildman–Crippen MR) is 108 cm³/mol. The van der Waals surface area contributed by atoms with E-state index in [1.54, 1.807) is 35.5 Å². The number of nitrogens with zero attached hydrogens (tertiary/aromatic N) is 3. The molecule has 0 radical (unpaired) electrons. The molecule has 1 fully saturated rings. The van der Waals surface area contributed by atoms with Gasteiger partial charge in [0.05, 0.1) is 11.4 Å². The highest BCUT2D eigenvalue weighted by atomic mass is 19.1. The number of hydrogen-bond acceptors (Lipinski definition) is 4. The van der Waals surface area contributed by atoms with Crippen LogP contribution in [0.4, 0.5) is 4.39 Å². The minimum absolute atomic E-state index is 0.00261. The third-order valence-electron chi connectivity index (χ3n) is 5.12. The molecule has 0 aliphatic carbocycles. The second-order valence-electron chi connectivity index (χ2n) is 7.05. The molecule has 0 bridgehead atoms. The van der Waals surface area contributed by atoms with Crippen molar-refractivity contribution in [3.05, 3.63) is 78.5 Å². The highest BCUT2D eigenvalue weighted by Gasteiger charge is 2.28. The molecule has 2 heterocycles. The number of benzene rings is 2. The molecule has 0 spiro atoms. The van der Waals surface area contributed by atoms with Crippen LogP contribution in [0.3, 0.4) is 0 Å². The van der Waals surface area contributed by atoms with Crippen molar-refractivity contribution in [1.82, 2.24) is 14.9 Å². The Labute approximate surface area is 169 Å². The van der Waals surface area contributed by atoms with Crippen LogP contribution in [0.25, 0.3) is 11.3 Å². The summed E-state index contributed by atoms with van der Waals surface area (Å²) in [5.74, 6) is 0.294. The maximum atomic E-state index is 14.3. The number of carbonyl (C=O) groups excluding carboxylic acids is 1. The van der Waals surface area contributed by atoms with Gasteiger partial charge >= 0.3 is 0 Å². The van der Waals surface area contributed by atoms with E-state index in [4.69, 9.17) is 4.74 Å². The van der Waals surface area contributed by atoms with E-state index < -0.39 is 0 Å². The van der Waals surface area contributed by atoms with Gasteiger partial charge in [-0.2, -0.15) is 0 Å². The van der Waals surface area contributed by atoms with Crippen molar-refractivity contribution in [3.8, 4) is 17.0 Å². The van der Waals surface area contributed by atoms with E-state index in [0.29, 0.717) is 30.1 Å². The smallest absolute Gasteiger partial charge is 0.260 e. The van der Waals surface area contributed by atoms with E-state index in [9.17, 15) is 9.18 Å². The molecule has 1 atom stereocenters. The van der Waals surface area contributed by atoms with Crippen molar-refractivity contribution in [1.29, 1.82) is 0 Å². The first kappa shape index (κ1) is 19.1. The summed E-state index contributed by atoms with van der Waals surface area (Å²) in [5.41, 5.74) is 1.72. The molecule has 6 heteroatoms. The van der Waals surface area contributed by atoms with Gasteiger partial charge in [-0.3, -0.25) is 14.8 Å². The summed E-state index contributed by atoms with van der Waals surface area (Å²) in [6.07, 6.45) is 4.93. The summed E-state index contributed by atoms with van der Waals surface area (Å²) in [5, 5.41) is 0.